The molecule has 0 aromatic heterocycles. The van der Waals surface area contributed by atoms with E-state index in [9.17, 15) is 9.90 Å². The van der Waals surface area contributed by atoms with E-state index in [1.165, 1.54) is 116 Å². The summed E-state index contributed by atoms with van der Waals surface area (Å²) in [7, 11) is 0. The van der Waals surface area contributed by atoms with E-state index < -0.39 is 6.10 Å². The van der Waals surface area contributed by atoms with Gasteiger partial charge in [-0.3, -0.25) is 4.79 Å². The molecule has 0 fully saturated rings. The lowest BCUT2D eigenvalue weighted by molar-refractivity contribution is -0.154. The minimum absolute atomic E-state index is 0.171. The molecule has 0 aliphatic carbocycles. The minimum atomic E-state index is -0.529. The Hall–Kier alpha value is -1.13. The second-order valence-corrected chi connectivity index (χ2v) is 10.9. The summed E-state index contributed by atoms with van der Waals surface area (Å²) in [4.78, 5) is 12.0. The van der Waals surface area contributed by atoms with Crippen LogP contribution in [0.25, 0.3) is 0 Å². The highest BCUT2D eigenvalue weighted by molar-refractivity contribution is 5.69. The molecule has 224 valence electrons. The van der Waals surface area contributed by atoms with Gasteiger partial charge in [-0.1, -0.05) is 134 Å². The summed E-state index contributed by atoms with van der Waals surface area (Å²) in [6, 6.07) is 0. The Morgan fingerprint density at radius 3 is 1.68 bits per heavy atom. The molecular weight excluding hydrogens is 472 g/mol. The third-order valence-corrected chi connectivity index (χ3v) is 7.03. The SMILES string of the molecule is CCCCC/C=C\C/C=C\CCCCCCCCCCOCC(CO)OC(=O)CCCCCCCCCC. The Morgan fingerprint density at radius 2 is 1.11 bits per heavy atom. The molecule has 0 radical (unpaired) electrons. The number of rotatable bonds is 30. The second kappa shape index (κ2) is 32.1. The van der Waals surface area contributed by atoms with Crippen LogP contribution in [0.4, 0.5) is 0 Å². The van der Waals surface area contributed by atoms with E-state index in [4.69, 9.17) is 9.47 Å². The maximum Gasteiger partial charge on any atom is 0.306 e. The summed E-state index contributed by atoms with van der Waals surface area (Å²) in [5.74, 6) is -0.208. The van der Waals surface area contributed by atoms with Crippen molar-refractivity contribution in [2.45, 2.75) is 168 Å². The van der Waals surface area contributed by atoms with Crippen LogP contribution in [0.3, 0.4) is 0 Å². The molecule has 0 aromatic rings. The zero-order valence-electron chi connectivity index (χ0n) is 25.4. The number of aliphatic hydroxyl groups excluding tert-OH is 1. The highest BCUT2D eigenvalue weighted by Gasteiger charge is 2.13. The quantitative estimate of drug-likeness (QED) is 0.0563. The maximum atomic E-state index is 12.0. The first kappa shape index (κ1) is 36.9. The number of esters is 1. The van der Waals surface area contributed by atoms with Gasteiger partial charge in [-0.15, -0.1) is 0 Å². The Balaban J connectivity index is 3.42. The van der Waals surface area contributed by atoms with Crippen molar-refractivity contribution in [1.82, 2.24) is 0 Å². The number of carbonyl (C=O) groups is 1. The fourth-order valence-electron chi connectivity index (χ4n) is 4.53. The molecule has 1 N–H and O–H groups in total. The molecule has 0 saturated carbocycles. The molecule has 4 heteroatoms. The fourth-order valence-corrected chi connectivity index (χ4v) is 4.53. The third-order valence-electron chi connectivity index (χ3n) is 7.03. The first-order chi connectivity index (χ1) is 18.7. The van der Waals surface area contributed by atoms with Gasteiger partial charge in [0.2, 0.25) is 0 Å². The predicted molar refractivity (Wildman–Crippen MR) is 164 cm³/mol. The fraction of sp³-hybridized carbons (Fsp3) is 0.853. The van der Waals surface area contributed by atoms with Gasteiger partial charge in [-0.25, -0.2) is 0 Å². The molecule has 0 aromatic carbocycles. The maximum absolute atomic E-state index is 12.0. The van der Waals surface area contributed by atoms with Gasteiger partial charge < -0.3 is 14.6 Å². The summed E-state index contributed by atoms with van der Waals surface area (Å²) < 4.78 is 11.0. The van der Waals surface area contributed by atoms with E-state index in [-0.39, 0.29) is 12.6 Å². The normalized spacial score (nSPS) is 12.6. The predicted octanol–water partition coefficient (Wildman–Crippen LogP) is 10.0. The van der Waals surface area contributed by atoms with Gasteiger partial charge in [-0.2, -0.15) is 0 Å². The summed E-state index contributed by atoms with van der Waals surface area (Å²) in [6.45, 7) is 5.28. The molecule has 0 aliphatic heterocycles. The van der Waals surface area contributed by atoms with Crippen LogP contribution in [0.1, 0.15) is 162 Å². The van der Waals surface area contributed by atoms with Crippen molar-refractivity contribution in [3.63, 3.8) is 0 Å². The Bertz CT molecular complexity index is 529. The number of allylic oxidation sites excluding steroid dienone is 4. The van der Waals surface area contributed by atoms with E-state index >= 15 is 0 Å². The van der Waals surface area contributed by atoms with Crippen LogP contribution < -0.4 is 0 Å². The lowest BCUT2D eigenvalue weighted by Crippen LogP contribution is -2.27. The van der Waals surface area contributed by atoms with Gasteiger partial charge in [-0.05, 0) is 44.9 Å². The Labute approximate surface area is 237 Å². The Kier molecular flexibility index (Phi) is 31.1. The molecule has 1 atom stereocenters. The number of hydrogen-bond donors (Lipinski definition) is 1. The molecule has 0 amide bonds. The van der Waals surface area contributed by atoms with Crippen LogP contribution in [0.2, 0.25) is 0 Å². The van der Waals surface area contributed by atoms with Gasteiger partial charge in [0.15, 0.2) is 0 Å². The second-order valence-electron chi connectivity index (χ2n) is 10.9. The van der Waals surface area contributed by atoms with Crippen molar-refractivity contribution < 1.29 is 19.4 Å². The highest BCUT2D eigenvalue weighted by Crippen LogP contribution is 2.12. The standard InChI is InChI=1S/C34H64O4/c1-3-5-7-9-11-13-14-15-16-17-18-19-20-21-22-24-26-28-30-37-32-33(31-35)38-34(36)29-27-25-23-12-10-8-6-4-2/h11,13,15-16,33,35H,3-10,12,14,17-32H2,1-2H3/b13-11-,16-15-. The van der Waals surface area contributed by atoms with Gasteiger partial charge in [0.25, 0.3) is 0 Å². The van der Waals surface area contributed by atoms with Crippen LogP contribution >= 0.6 is 0 Å². The van der Waals surface area contributed by atoms with Gasteiger partial charge in [0, 0.05) is 13.0 Å². The smallest absolute Gasteiger partial charge is 0.306 e. The van der Waals surface area contributed by atoms with Gasteiger partial charge in [0.1, 0.15) is 6.10 Å². The summed E-state index contributed by atoms with van der Waals surface area (Å²) in [6.07, 6.45) is 36.4. The van der Waals surface area contributed by atoms with Crippen molar-refractivity contribution in [1.29, 1.82) is 0 Å². The molecule has 38 heavy (non-hydrogen) atoms. The average Bonchev–Trinajstić information content (AvgIpc) is 2.92. The number of unbranched alkanes of at least 4 members (excludes halogenated alkanes) is 18. The van der Waals surface area contributed by atoms with Crippen LogP contribution in [0, 0.1) is 0 Å². The van der Waals surface area contributed by atoms with Crippen LogP contribution in [0.5, 0.6) is 0 Å². The van der Waals surface area contributed by atoms with Crippen molar-refractivity contribution in [2.75, 3.05) is 19.8 Å². The van der Waals surface area contributed by atoms with E-state index in [0.29, 0.717) is 19.6 Å². The monoisotopic (exact) mass is 536 g/mol. The average molecular weight is 537 g/mol. The number of aliphatic hydroxyl groups is 1. The highest BCUT2D eigenvalue weighted by atomic mass is 16.6. The van der Waals surface area contributed by atoms with Gasteiger partial charge >= 0.3 is 5.97 Å². The van der Waals surface area contributed by atoms with E-state index in [1.807, 2.05) is 0 Å². The van der Waals surface area contributed by atoms with E-state index in [1.54, 1.807) is 0 Å². The first-order valence-corrected chi connectivity index (χ1v) is 16.4. The molecule has 0 saturated heterocycles. The lowest BCUT2D eigenvalue weighted by atomic mass is 10.1. The summed E-state index contributed by atoms with van der Waals surface area (Å²) in [5, 5.41) is 9.48. The van der Waals surface area contributed by atoms with Crippen LogP contribution in [-0.4, -0.2) is 37.0 Å². The molecular formula is C34H64O4. The van der Waals surface area contributed by atoms with Crippen LogP contribution in [-0.2, 0) is 14.3 Å². The number of carbonyl (C=O) groups excluding carboxylic acids is 1. The summed E-state index contributed by atoms with van der Waals surface area (Å²) >= 11 is 0. The molecule has 0 bridgehead atoms. The van der Waals surface area contributed by atoms with Gasteiger partial charge in [0.05, 0.1) is 13.2 Å². The Morgan fingerprint density at radius 1 is 0.632 bits per heavy atom. The number of hydrogen-bond acceptors (Lipinski definition) is 4. The topological polar surface area (TPSA) is 55.8 Å². The zero-order chi connectivity index (χ0) is 27.8. The van der Waals surface area contributed by atoms with Crippen molar-refractivity contribution in [2.24, 2.45) is 0 Å². The summed E-state index contributed by atoms with van der Waals surface area (Å²) in [5.41, 5.74) is 0. The van der Waals surface area contributed by atoms with Crippen LogP contribution in [0.15, 0.2) is 24.3 Å². The molecule has 1 unspecified atom stereocenters. The number of ether oxygens (including phenoxy) is 2. The molecule has 0 heterocycles. The largest absolute Gasteiger partial charge is 0.457 e. The minimum Gasteiger partial charge on any atom is -0.457 e. The van der Waals surface area contributed by atoms with E-state index in [2.05, 4.69) is 38.2 Å². The molecule has 0 aliphatic rings. The zero-order valence-corrected chi connectivity index (χ0v) is 25.4. The van der Waals surface area contributed by atoms with Crippen molar-refractivity contribution in [3.8, 4) is 0 Å². The molecule has 4 nitrogen and oxygen atoms in total. The van der Waals surface area contributed by atoms with E-state index in [0.717, 1.165) is 25.7 Å². The first-order valence-electron chi connectivity index (χ1n) is 16.4. The van der Waals surface area contributed by atoms with Crippen molar-refractivity contribution in [3.05, 3.63) is 24.3 Å². The third kappa shape index (κ3) is 29.4. The molecule has 0 spiro atoms. The van der Waals surface area contributed by atoms with Crippen molar-refractivity contribution >= 4 is 5.97 Å². The lowest BCUT2D eigenvalue weighted by Gasteiger charge is -2.16. The molecule has 0 rings (SSSR count).